The maximum absolute atomic E-state index is 11.5. The number of piperidine rings is 1. The van der Waals surface area contributed by atoms with Crippen molar-refractivity contribution in [2.75, 3.05) is 32.8 Å². The van der Waals surface area contributed by atoms with Crippen molar-refractivity contribution in [2.24, 2.45) is 5.73 Å². The summed E-state index contributed by atoms with van der Waals surface area (Å²) in [5, 5.41) is 3.26. The van der Waals surface area contributed by atoms with Crippen molar-refractivity contribution in [1.29, 1.82) is 0 Å². The van der Waals surface area contributed by atoms with E-state index in [9.17, 15) is 9.59 Å². The second kappa shape index (κ2) is 7.75. The summed E-state index contributed by atoms with van der Waals surface area (Å²) in [4.78, 5) is 23.5. The minimum Gasteiger partial charge on any atom is -0.450 e. The first-order valence-corrected chi connectivity index (χ1v) is 6.20. The van der Waals surface area contributed by atoms with Crippen molar-refractivity contribution < 1.29 is 19.1 Å². The van der Waals surface area contributed by atoms with Gasteiger partial charge in [0, 0.05) is 25.7 Å². The monoisotopic (exact) mass is 259 g/mol. The predicted octanol–water partition coefficient (Wildman–Crippen LogP) is 0.292. The molecule has 104 valence electrons. The van der Waals surface area contributed by atoms with E-state index in [1.807, 2.05) is 0 Å². The molecule has 0 radical (unpaired) electrons. The van der Waals surface area contributed by atoms with Crippen molar-refractivity contribution in [1.82, 2.24) is 10.2 Å². The molecule has 1 heterocycles. The van der Waals surface area contributed by atoms with Gasteiger partial charge in [-0.1, -0.05) is 0 Å². The van der Waals surface area contributed by atoms with Crippen LogP contribution < -0.4 is 11.1 Å². The molecule has 1 aliphatic heterocycles. The van der Waals surface area contributed by atoms with Gasteiger partial charge in [0.05, 0.1) is 6.61 Å². The van der Waals surface area contributed by atoms with E-state index >= 15 is 0 Å². The van der Waals surface area contributed by atoms with Crippen LogP contribution in [0.5, 0.6) is 0 Å². The molecule has 0 unspecified atom stereocenters. The Morgan fingerprint density at radius 3 is 2.56 bits per heavy atom. The Hall–Kier alpha value is -1.50. The number of amides is 2. The van der Waals surface area contributed by atoms with Crippen molar-refractivity contribution in [3.05, 3.63) is 0 Å². The first-order chi connectivity index (χ1) is 8.63. The average molecular weight is 259 g/mol. The van der Waals surface area contributed by atoms with Crippen LogP contribution in [0.3, 0.4) is 0 Å². The number of primary amides is 1. The molecule has 2 amide bonds. The summed E-state index contributed by atoms with van der Waals surface area (Å²) in [5.41, 5.74) is 4.84. The first-order valence-electron chi connectivity index (χ1n) is 6.20. The number of carbonyl (C=O) groups excluding carboxylic acids is 2. The minimum atomic E-state index is -0.756. The fourth-order valence-electron chi connectivity index (χ4n) is 1.90. The van der Waals surface area contributed by atoms with Crippen LogP contribution in [0, 0.1) is 0 Å². The Bertz CT molecular complexity index is 277. The van der Waals surface area contributed by atoms with Gasteiger partial charge in [-0.05, 0) is 19.8 Å². The number of hydrogen-bond donors (Lipinski definition) is 2. The molecule has 1 aliphatic rings. The van der Waals surface area contributed by atoms with Crippen molar-refractivity contribution in [2.45, 2.75) is 25.8 Å². The molecular formula is C11H21N3O4. The fourth-order valence-corrected chi connectivity index (χ4v) is 1.90. The highest BCUT2D eigenvalue weighted by molar-refractivity contribution is 5.67. The second-order valence-electron chi connectivity index (χ2n) is 4.08. The van der Waals surface area contributed by atoms with Gasteiger partial charge in [0.15, 0.2) is 0 Å². The van der Waals surface area contributed by atoms with E-state index in [4.69, 9.17) is 10.5 Å². The Labute approximate surface area is 107 Å². The summed E-state index contributed by atoms with van der Waals surface area (Å²) in [6, 6.07) is 0.340. The normalized spacial score (nSPS) is 16.4. The van der Waals surface area contributed by atoms with Gasteiger partial charge in [-0.15, -0.1) is 0 Å². The zero-order chi connectivity index (χ0) is 13.4. The molecule has 0 bridgehead atoms. The number of hydrogen-bond acceptors (Lipinski definition) is 5. The Kier molecular flexibility index (Phi) is 6.27. The van der Waals surface area contributed by atoms with Crippen LogP contribution in [-0.4, -0.2) is 56.0 Å². The average Bonchev–Trinajstić information content (AvgIpc) is 2.35. The van der Waals surface area contributed by atoms with Crippen LogP contribution in [0.25, 0.3) is 0 Å². The predicted molar refractivity (Wildman–Crippen MR) is 65.2 cm³/mol. The highest BCUT2D eigenvalue weighted by Crippen LogP contribution is 2.11. The minimum absolute atomic E-state index is 0.243. The van der Waals surface area contributed by atoms with Crippen LogP contribution >= 0.6 is 0 Å². The molecule has 0 aromatic carbocycles. The van der Waals surface area contributed by atoms with E-state index in [-0.39, 0.29) is 12.7 Å². The highest BCUT2D eigenvalue weighted by Gasteiger charge is 2.22. The van der Waals surface area contributed by atoms with Crippen molar-refractivity contribution in [3.63, 3.8) is 0 Å². The van der Waals surface area contributed by atoms with Gasteiger partial charge < -0.3 is 25.4 Å². The van der Waals surface area contributed by atoms with E-state index in [1.54, 1.807) is 11.8 Å². The third-order valence-electron chi connectivity index (χ3n) is 2.80. The molecule has 0 aromatic rings. The molecular weight excluding hydrogens is 238 g/mol. The lowest BCUT2D eigenvalue weighted by Crippen LogP contribution is -2.45. The van der Waals surface area contributed by atoms with Gasteiger partial charge in [-0.2, -0.15) is 0 Å². The van der Waals surface area contributed by atoms with Crippen LogP contribution in [0.15, 0.2) is 0 Å². The smallest absolute Gasteiger partial charge is 0.409 e. The van der Waals surface area contributed by atoms with E-state index < -0.39 is 6.09 Å². The highest BCUT2D eigenvalue weighted by atomic mass is 16.6. The Morgan fingerprint density at radius 1 is 1.33 bits per heavy atom. The zero-order valence-corrected chi connectivity index (χ0v) is 10.7. The van der Waals surface area contributed by atoms with Crippen LogP contribution in [-0.2, 0) is 9.47 Å². The van der Waals surface area contributed by atoms with Gasteiger partial charge in [-0.25, -0.2) is 9.59 Å². The molecule has 0 aromatic heterocycles. The van der Waals surface area contributed by atoms with Crippen molar-refractivity contribution in [3.8, 4) is 0 Å². The molecule has 0 aliphatic carbocycles. The third-order valence-corrected chi connectivity index (χ3v) is 2.80. The van der Waals surface area contributed by atoms with Gasteiger partial charge in [0.2, 0.25) is 0 Å². The van der Waals surface area contributed by atoms with E-state index in [0.29, 0.717) is 32.3 Å². The number of likely N-dealkylation sites (tertiary alicyclic amines) is 1. The van der Waals surface area contributed by atoms with Gasteiger partial charge in [-0.3, -0.25) is 0 Å². The van der Waals surface area contributed by atoms with Crippen LogP contribution in [0.1, 0.15) is 19.8 Å². The summed E-state index contributed by atoms with van der Waals surface area (Å²) < 4.78 is 9.55. The molecule has 7 nitrogen and oxygen atoms in total. The maximum Gasteiger partial charge on any atom is 0.409 e. The van der Waals surface area contributed by atoms with Crippen molar-refractivity contribution >= 4 is 12.2 Å². The topological polar surface area (TPSA) is 93.9 Å². The molecule has 0 spiro atoms. The van der Waals surface area contributed by atoms with Gasteiger partial charge in [0.1, 0.15) is 6.61 Å². The summed E-state index contributed by atoms with van der Waals surface area (Å²) >= 11 is 0. The number of nitrogens with zero attached hydrogens (tertiary/aromatic N) is 1. The van der Waals surface area contributed by atoms with Gasteiger partial charge in [0.25, 0.3) is 0 Å². The Balaban J connectivity index is 2.11. The lowest BCUT2D eigenvalue weighted by molar-refractivity contribution is 0.0941. The maximum atomic E-state index is 11.5. The summed E-state index contributed by atoms with van der Waals surface area (Å²) in [5.74, 6) is 0. The fraction of sp³-hybridized carbons (Fsp3) is 0.818. The first kappa shape index (κ1) is 14.6. The molecule has 1 saturated heterocycles. The third kappa shape index (κ3) is 5.22. The standard InChI is InChI=1S/C11H21N3O4/c1-2-17-11(16)14-6-3-9(4-7-14)13-5-8-18-10(12)15/h9,13H,2-8H2,1H3,(H2,12,15). The lowest BCUT2D eigenvalue weighted by atomic mass is 10.1. The zero-order valence-electron chi connectivity index (χ0n) is 10.7. The summed E-state index contributed by atoms with van der Waals surface area (Å²) in [6.07, 6.45) is 0.743. The Morgan fingerprint density at radius 2 is 2.00 bits per heavy atom. The van der Waals surface area contributed by atoms with Crippen LogP contribution in [0.2, 0.25) is 0 Å². The van der Waals surface area contributed by atoms with Crippen LogP contribution in [0.4, 0.5) is 9.59 Å². The largest absolute Gasteiger partial charge is 0.450 e. The second-order valence-corrected chi connectivity index (χ2v) is 4.08. The number of nitrogens with one attached hydrogen (secondary N) is 1. The number of ether oxygens (including phenoxy) is 2. The number of nitrogens with two attached hydrogens (primary N) is 1. The molecule has 7 heteroatoms. The van der Waals surface area contributed by atoms with E-state index in [2.05, 4.69) is 10.1 Å². The molecule has 1 fully saturated rings. The molecule has 1 rings (SSSR count). The number of carbonyl (C=O) groups is 2. The van der Waals surface area contributed by atoms with E-state index in [0.717, 1.165) is 12.8 Å². The molecule has 18 heavy (non-hydrogen) atoms. The molecule has 3 N–H and O–H groups in total. The number of rotatable bonds is 5. The molecule has 0 atom stereocenters. The summed E-state index contributed by atoms with van der Waals surface area (Å²) in [7, 11) is 0. The van der Waals surface area contributed by atoms with Gasteiger partial charge >= 0.3 is 12.2 Å². The lowest BCUT2D eigenvalue weighted by Gasteiger charge is -2.31. The quantitative estimate of drug-likeness (QED) is 0.692. The SMILES string of the molecule is CCOC(=O)N1CCC(NCCOC(N)=O)CC1. The molecule has 0 saturated carbocycles. The van der Waals surface area contributed by atoms with E-state index in [1.165, 1.54) is 0 Å². The summed E-state index contributed by atoms with van der Waals surface area (Å²) in [6.45, 7) is 4.42.